The number of nitrogens with zero attached hydrogens (tertiary/aromatic N) is 2. The van der Waals surface area contributed by atoms with Crippen LogP contribution >= 0.6 is 22.6 Å². The Hall–Kier alpha value is -1.37. The molecule has 0 bridgehead atoms. The summed E-state index contributed by atoms with van der Waals surface area (Å²) in [7, 11) is 0. The summed E-state index contributed by atoms with van der Waals surface area (Å²) in [5.74, 6) is 2.63. The molecule has 0 unspecified atom stereocenters. The van der Waals surface area contributed by atoms with E-state index in [9.17, 15) is 0 Å². The maximum absolute atomic E-state index is 4.59. The molecule has 0 atom stereocenters. The molecule has 1 heterocycles. The molecule has 0 saturated carbocycles. The van der Waals surface area contributed by atoms with Gasteiger partial charge in [0, 0.05) is 27.8 Å². The van der Waals surface area contributed by atoms with Crippen molar-refractivity contribution in [1.29, 1.82) is 0 Å². The van der Waals surface area contributed by atoms with Crippen molar-refractivity contribution in [2.45, 2.75) is 27.2 Å². The van der Waals surface area contributed by atoms with Crippen LogP contribution in [0, 0.1) is 10.5 Å². The summed E-state index contributed by atoms with van der Waals surface area (Å²) in [6.45, 7) is 7.02. The molecule has 2 rings (SSSR count). The zero-order chi connectivity index (χ0) is 14.5. The quantitative estimate of drug-likeness (QED) is 0.764. The van der Waals surface area contributed by atoms with Gasteiger partial charge >= 0.3 is 0 Å². The van der Waals surface area contributed by atoms with Crippen LogP contribution in [0.4, 0.5) is 17.3 Å². The van der Waals surface area contributed by atoms with Crippen LogP contribution in [0.3, 0.4) is 0 Å². The summed E-state index contributed by atoms with van der Waals surface area (Å²) in [5.41, 5.74) is 2.09. The number of benzene rings is 1. The number of nitrogens with one attached hydrogen (secondary N) is 2. The molecule has 1 aromatic carbocycles. The fourth-order valence-corrected chi connectivity index (χ4v) is 2.43. The minimum absolute atomic E-state index is 0.819. The lowest BCUT2D eigenvalue weighted by Crippen LogP contribution is -2.09. The second-order valence-electron chi connectivity index (χ2n) is 4.48. The first kappa shape index (κ1) is 15.0. The van der Waals surface area contributed by atoms with Crippen molar-refractivity contribution in [1.82, 2.24) is 9.97 Å². The number of aromatic nitrogens is 2. The maximum Gasteiger partial charge on any atom is 0.139 e. The second kappa shape index (κ2) is 6.88. The minimum atomic E-state index is 0.819. The summed E-state index contributed by atoms with van der Waals surface area (Å²) in [6.07, 6.45) is 0.819. The van der Waals surface area contributed by atoms with E-state index in [1.807, 2.05) is 19.1 Å². The van der Waals surface area contributed by atoms with Crippen molar-refractivity contribution in [3.8, 4) is 0 Å². The highest BCUT2D eigenvalue weighted by Crippen LogP contribution is 2.24. The van der Waals surface area contributed by atoms with Crippen LogP contribution in [0.5, 0.6) is 0 Å². The standard InChI is InChI=1S/C15H19IN4/c1-4-13-19-14(17-5-2)10(3)15(20-13)18-12-8-6-7-11(16)9-12/h6-9H,4-5H2,1-3H3,(H2,17,18,19,20). The van der Waals surface area contributed by atoms with Crippen LogP contribution < -0.4 is 10.6 Å². The lowest BCUT2D eigenvalue weighted by molar-refractivity contribution is 0.930. The summed E-state index contributed by atoms with van der Waals surface area (Å²) in [5, 5.41) is 6.69. The van der Waals surface area contributed by atoms with E-state index < -0.39 is 0 Å². The third kappa shape index (κ3) is 3.59. The van der Waals surface area contributed by atoms with E-state index in [2.05, 4.69) is 69.2 Å². The summed E-state index contributed by atoms with van der Waals surface area (Å²) in [4.78, 5) is 9.13. The topological polar surface area (TPSA) is 49.8 Å². The van der Waals surface area contributed by atoms with Crippen molar-refractivity contribution in [3.63, 3.8) is 0 Å². The Morgan fingerprint density at radius 1 is 1.15 bits per heavy atom. The van der Waals surface area contributed by atoms with Gasteiger partial charge in [-0.25, -0.2) is 9.97 Å². The molecule has 106 valence electrons. The molecule has 1 aromatic heterocycles. The van der Waals surface area contributed by atoms with Gasteiger partial charge in [0.15, 0.2) is 0 Å². The van der Waals surface area contributed by atoms with Crippen LogP contribution in [-0.2, 0) is 6.42 Å². The number of hydrogen-bond acceptors (Lipinski definition) is 4. The molecule has 0 aliphatic carbocycles. The molecule has 0 amide bonds. The highest BCUT2D eigenvalue weighted by atomic mass is 127. The van der Waals surface area contributed by atoms with Gasteiger partial charge in [-0.15, -0.1) is 0 Å². The third-order valence-electron chi connectivity index (χ3n) is 2.94. The van der Waals surface area contributed by atoms with Crippen molar-refractivity contribution >= 4 is 39.9 Å². The first-order valence-corrected chi connectivity index (χ1v) is 7.85. The van der Waals surface area contributed by atoms with Crippen molar-refractivity contribution in [3.05, 3.63) is 39.2 Å². The predicted molar refractivity (Wildman–Crippen MR) is 92.8 cm³/mol. The van der Waals surface area contributed by atoms with Gasteiger partial charge in [0.1, 0.15) is 17.5 Å². The smallest absolute Gasteiger partial charge is 0.139 e. The molecule has 5 heteroatoms. The Balaban J connectivity index is 2.37. The van der Waals surface area contributed by atoms with Crippen LogP contribution in [0.1, 0.15) is 25.2 Å². The molecule has 0 aliphatic heterocycles. The van der Waals surface area contributed by atoms with E-state index in [-0.39, 0.29) is 0 Å². The molecule has 0 spiro atoms. The second-order valence-corrected chi connectivity index (χ2v) is 5.73. The average molecular weight is 382 g/mol. The number of halogens is 1. The number of rotatable bonds is 5. The fraction of sp³-hybridized carbons (Fsp3) is 0.333. The monoisotopic (exact) mass is 382 g/mol. The van der Waals surface area contributed by atoms with Gasteiger partial charge in [-0.3, -0.25) is 0 Å². The lowest BCUT2D eigenvalue weighted by Gasteiger charge is -2.14. The molecule has 4 nitrogen and oxygen atoms in total. The van der Waals surface area contributed by atoms with E-state index in [4.69, 9.17) is 0 Å². The zero-order valence-corrected chi connectivity index (χ0v) is 14.2. The largest absolute Gasteiger partial charge is 0.370 e. The average Bonchev–Trinajstić information content (AvgIpc) is 2.43. The van der Waals surface area contributed by atoms with Gasteiger partial charge in [0.25, 0.3) is 0 Å². The SMILES string of the molecule is CCNc1nc(CC)nc(Nc2cccc(I)c2)c1C. The Kier molecular flexibility index (Phi) is 5.17. The Morgan fingerprint density at radius 3 is 2.55 bits per heavy atom. The molecule has 0 saturated heterocycles. The third-order valence-corrected chi connectivity index (χ3v) is 3.61. The van der Waals surface area contributed by atoms with Crippen molar-refractivity contribution in [2.24, 2.45) is 0 Å². The normalized spacial score (nSPS) is 10.4. The number of hydrogen-bond donors (Lipinski definition) is 2. The maximum atomic E-state index is 4.59. The summed E-state index contributed by atoms with van der Waals surface area (Å²) in [6, 6.07) is 8.25. The first-order valence-electron chi connectivity index (χ1n) is 6.78. The van der Waals surface area contributed by atoms with Gasteiger partial charge in [0.05, 0.1) is 0 Å². The Morgan fingerprint density at radius 2 is 1.90 bits per heavy atom. The van der Waals surface area contributed by atoms with E-state index in [0.29, 0.717) is 0 Å². The molecule has 0 aliphatic rings. The molecular formula is C15H19IN4. The Bertz CT molecular complexity index is 598. The fourth-order valence-electron chi connectivity index (χ4n) is 1.89. The van der Waals surface area contributed by atoms with Crippen molar-refractivity contribution in [2.75, 3.05) is 17.2 Å². The van der Waals surface area contributed by atoms with Gasteiger partial charge in [-0.1, -0.05) is 13.0 Å². The van der Waals surface area contributed by atoms with Crippen molar-refractivity contribution < 1.29 is 0 Å². The van der Waals surface area contributed by atoms with Gasteiger partial charge in [-0.05, 0) is 54.6 Å². The predicted octanol–water partition coefficient (Wildman–Crippen LogP) is 4.13. The Labute approximate surface area is 133 Å². The lowest BCUT2D eigenvalue weighted by atomic mass is 10.2. The van der Waals surface area contributed by atoms with Gasteiger partial charge in [-0.2, -0.15) is 0 Å². The van der Waals surface area contributed by atoms with Gasteiger partial charge < -0.3 is 10.6 Å². The number of anilines is 3. The van der Waals surface area contributed by atoms with Crippen LogP contribution in [0.15, 0.2) is 24.3 Å². The highest BCUT2D eigenvalue weighted by molar-refractivity contribution is 14.1. The van der Waals surface area contributed by atoms with E-state index >= 15 is 0 Å². The summed E-state index contributed by atoms with van der Waals surface area (Å²) >= 11 is 2.31. The molecule has 0 fully saturated rings. The van der Waals surface area contributed by atoms with Crippen LogP contribution in [0.25, 0.3) is 0 Å². The van der Waals surface area contributed by atoms with E-state index in [0.717, 1.165) is 41.7 Å². The summed E-state index contributed by atoms with van der Waals surface area (Å²) < 4.78 is 1.20. The van der Waals surface area contributed by atoms with Crippen LogP contribution in [0.2, 0.25) is 0 Å². The van der Waals surface area contributed by atoms with E-state index in [1.165, 1.54) is 3.57 Å². The highest BCUT2D eigenvalue weighted by Gasteiger charge is 2.10. The van der Waals surface area contributed by atoms with Crippen LogP contribution in [-0.4, -0.2) is 16.5 Å². The first-order chi connectivity index (χ1) is 9.63. The molecule has 2 N–H and O–H groups in total. The molecule has 2 aromatic rings. The zero-order valence-electron chi connectivity index (χ0n) is 12.0. The molecule has 0 radical (unpaired) electrons. The molecular weight excluding hydrogens is 363 g/mol. The van der Waals surface area contributed by atoms with Gasteiger partial charge in [0.2, 0.25) is 0 Å². The molecule has 20 heavy (non-hydrogen) atoms. The van der Waals surface area contributed by atoms with E-state index in [1.54, 1.807) is 0 Å². The number of aryl methyl sites for hydroxylation is 1. The minimum Gasteiger partial charge on any atom is -0.370 e.